The van der Waals surface area contributed by atoms with E-state index in [-0.39, 0.29) is 12.5 Å². The van der Waals surface area contributed by atoms with Crippen molar-refractivity contribution in [3.8, 4) is 0 Å². The van der Waals surface area contributed by atoms with Crippen LogP contribution in [0.4, 0.5) is 0 Å². The highest BCUT2D eigenvalue weighted by Crippen LogP contribution is 2.23. The smallest absolute Gasteiger partial charge is 0.220 e. The van der Waals surface area contributed by atoms with Gasteiger partial charge in [0.1, 0.15) is 24.4 Å². The number of aliphatic hydroxyl groups excluding tert-OH is 5. The molecule has 1 saturated heterocycles. The fourth-order valence-corrected chi connectivity index (χ4v) is 10.9. The van der Waals surface area contributed by atoms with Crippen LogP contribution in [-0.4, -0.2) is 87.5 Å². The number of aliphatic hydroxyl groups is 5. The summed E-state index contributed by atoms with van der Waals surface area (Å²) in [5.41, 5.74) is 0. The molecule has 0 aromatic heterocycles. The minimum atomic E-state index is -1.57. The zero-order valence-electron chi connectivity index (χ0n) is 50.7. The Bertz CT molecular complexity index is 1310. The van der Waals surface area contributed by atoms with Gasteiger partial charge < -0.3 is 40.3 Å². The Kier molecular flexibility index (Phi) is 55.0. The Morgan fingerprint density at radius 1 is 0.429 bits per heavy atom. The molecule has 1 rings (SSSR count). The Morgan fingerprint density at radius 2 is 0.740 bits per heavy atom. The van der Waals surface area contributed by atoms with E-state index in [1.165, 1.54) is 270 Å². The molecule has 1 fully saturated rings. The molecule has 7 unspecified atom stereocenters. The summed E-state index contributed by atoms with van der Waals surface area (Å²) >= 11 is 0. The van der Waals surface area contributed by atoms with E-state index in [0.29, 0.717) is 6.42 Å². The molecule has 7 atom stereocenters. The molecule has 1 aliphatic heterocycles. The molecule has 1 aliphatic rings. The number of carbonyl (C=O) groups excluding carboxylic acids is 1. The van der Waals surface area contributed by atoms with Gasteiger partial charge in [0.2, 0.25) is 5.91 Å². The summed E-state index contributed by atoms with van der Waals surface area (Å²) in [6.45, 7) is 3.81. The predicted octanol–water partition coefficient (Wildman–Crippen LogP) is 17.9. The lowest BCUT2D eigenvalue weighted by atomic mass is 9.99. The molecule has 9 nitrogen and oxygen atoms in total. The molecule has 9 heteroatoms. The second-order valence-electron chi connectivity index (χ2n) is 23.6. The third-order valence-electron chi connectivity index (χ3n) is 16.2. The SMILES string of the molecule is CCCCCCCCCCCCCCCCCCCCCC/C=C/CC/C=C/CC/C=C/C(O)C(COC1OC(CO)C(O)C(O)C1O)NC(=O)CCCCCCCCCCCCCCCCCCCCCCCCCC. The minimum Gasteiger partial charge on any atom is -0.394 e. The van der Waals surface area contributed by atoms with Crippen molar-refractivity contribution in [3.05, 3.63) is 36.5 Å². The van der Waals surface area contributed by atoms with E-state index in [4.69, 9.17) is 9.47 Å². The standard InChI is InChI=1S/C68H129NO8/c1-3-5-7-9-11-13-15-17-19-21-23-25-27-29-30-31-32-33-34-35-37-39-41-43-45-47-49-51-53-55-57-62(71)61(60-76-68-67(75)66(74)65(73)63(59-70)77-68)69-64(72)58-56-54-52-50-48-46-44-42-40-38-36-28-26-24-22-20-18-16-14-12-10-8-6-4-2/h39,41,47,49,55,57,61-63,65-68,70-71,73-75H,3-38,40,42-46,48,50-54,56,58-60H2,1-2H3,(H,69,72)/b41-39+,49-47+,57-55+. The van der Waals surface area contributed by atoms with Crippen molar-refractivity contribution in [2.24, 2.45) is 0 Å². The molecule has 6 N–H and O–H groups in total. The van der Waals surface area contributed by atoms with Crippen molar-refractivity contribution in [1.29, 1.82) is 0 Å². The van der Waals surface area contributed by atoms with Gasteiger partial charge in [0.05, 0.1) is 25.4 Å². The number of ether oxygens (including phenoxy) is 2. The van der Waals surface area contributed by atoms with E-state index in [1.807, 2.05) is 6.08 Å². The van der Waals surface area contributed by atoms with Crippen LogP contribution in [0.15, 0.2) is 36.5 Å². The highest BCUT2D eigenvalue weighted by Gasteiger charge is 2.44. The van der Waals surface area contributed by atoms with Crippen LogP contribution in [0.2, 0.25) is 0 Å². The number of carbonyl (C=O) groups is 1. The average Bonchev–Trinajstić information content (AvgIpc) is 3.43. The summed E-state index contributed by atoms with van der Waals surface area (Å²) in [6.07, 6.45) is 69.6. The van der Waals surface area contributed by atoms with Crippen molar-refractivity contribution >= 4 is 5.91 Å². The van der Waals surface area contributed by atoms with E-state index >= 15 is 0 Å². The summed E-state index contributed by atoms with van der Waals surface area (Å²) in [5.74, 6) is -0.184. The van der Waals surface area contributed by atoms with Gasteiger partial charge in [-0.1, -0.05) is 320 Å². The van der Waals surface area contributed by atoms with Crippen molar-refractivity contribution < 1.29 is 39.8 Å². The van der Waals surface area contributed by atoms with Gasteiger partial charge in [-0.2, -0.15) is 0 Å². The summed E-state index contributed by atoms with van der Waals surface area (Å²) in [5, 5.41) is 54.7. The largest absolute Gasteiger partial charge is 0.394 e. The van der Waals surface area contributed by atoms with Crippen LogP contribution in [0.5, 0.6) is 0 Å². The Labute approximate surface area is 476 Å². The number of rotatable bonds is 59. The highest BCUT2D eigenvalue weighted by atomic mass is 16.7. The summed E-state index contributed by atoms with van der Waals surface area (Å²) in [7, 11) is 0. The van der Waals surface area contributed by atoms with Crippen LogP contribution in [0.3, 0.4) is 0 Å². The maximum absolute atomic E-state index is 13.1. The van der Waals surface area contributed by atoms with Gasteiger partial charge in [0, 0.05) is 6.42 Å². The van der Waals surface area contributed by atoms with Crippen LogP contribution in [0.1, 0.15) is 335 Å². The maximum atomic E-state index is 13.1. The summed E-state index contributed by atoms with van der Waals surface area (Å²) < 4.78 is 11.3. The minimum absolute atomic E-state index is 0.184. The van der Waals surface area contributed by atoms with Gasteiger partial charge in [-0.3, -0.25) is 4.79 Å². The fraction of sp³-hybridized carbons (Fsp3) is 0.897. The molecule has 1 heterocycles. The van der Waals surface area contributed by atoms with Crippen LogP contribution < -0.4 is 5.32 Å². The first-order valence-corrected chi connectivity index (χ1v) is 33.7. The molecular formula is C68H129NO8. The number of allylic oxidation sites excluding steroid dienone is 5. The Balaban J connectivity index is 2.18. The van der Waals surface area contributed by atoms with E-state index in [9.17, 15) is 30.3 Å². The summed E-state index contributed by atoms with van der Waals surface area (Å²) in [6, 6.07) is -0.827. The van der Waals surface area contributed by atoms with Crippen molar-refractivity contribution in [1.82, 2.24) is 5.32 Å². The molecule has 0 aliphatic carbocycles. The van der Waals surface area contributed by atoms with Crippen LogP contribution in [0.25, 0.3) is 0 Å². The molecule has 0 radical (unpaired) electrons. The van der Waals surface area contributed by atoms with E-state index in [0.717, 1.165) is 44.9 Å². The van der Waals surface area contributed by atoms with Crippen molar-refractivity contribution in [2.75, 3.05) is 13.2 Å². The molecule has 0 spiro atoms. The topological polar surface area (TPSA) is 149 Å². The second-order valence-corrected chi connectivity index (χ2v) is 23.6. The van der Waals surface area contributed by atoms with E-state index in [2.05, 4.69) is 43.5 Å². The third-order valence-corrected chi connectivity index (χ3v) is 16.2. The third kappa shape index (κ3) is 46.7. The first-order valence-electron chi connectivity index (χ1n) is 33.7. The van der Waals surface area contributed by atoms with Crippen LogP contribution in [-0.2, 0) is 14.3 Å². The molecule has 0 bridgehead atoms. The monoisotopic (exact) mass is 1090 g/mol. The lowest BCUT2D eigenvalue weighted by Crippen LogP contribution is -2.60. The lowest BCUT2D eigenvalue weighted by Gasteiger charge is -2.40. The quantitative estimate of drug-likeness (QED) is 0.0261. The molecule has 77 heavy (non-hydrogen) atoms. The Morgan fingerprint density at radius 3 is 1.09 bits per heavy atom. The number of nitrogens with one attached hydrogen (secondary N) is 1. The highest BCUT2D eigenvalue weighted by molar-refractivity contribution is 5.76. The van der Waals surface area contributed by atoms with Crippen molar-refractivity contribution in [2.45, 2.75) is 378 Å². The second kappa shape index (κ2) is 57.6. The zero-order chi connectivity index (χ0) is 55.8. The normalized spacial score (nSPS) is 18.9. The molecule has 1 amide bonds. The summed E-state index contributed by atoms with van der Waals surface area (Å²) in [4.78, 5) is 13.1. The van der Waals surface area contributed by atoms with Crippen LogP contribution in [0, 0.1) is 0 Å². The molecule has 454 valence electrons. The van der Waals surface area contributed by atoms with Gasteiger partial charge in [-0.15, -0.1) is 0 Å². The van der Waals surface area contributed by atoms with Gasteiger partial charge in [-0.25, -0.2) is 0 Å². The first kappa shape index (κ1) is 73.4. The van der Waals surface area contributed by atoms with Gasteiger partial charge in [-0.05, 0) is 44.9 Å². The number of hydrogen-bond acceptors (Lipinski definition) is 8. The maximum Gasteiger partial charge on any atom is 0.220 e. The fourth-order valence-electron chi connectivity index (χ4n) is 10.9. The first-order chi connectivity index (χ1) is 37.8. The van der Waals surface area contributed by atoms with E-state index in [1.54, 1.807) is 6.08 Å². The number of hydrogen-bond donors (Lipinski definition) is 6. The molecular weight excluding hydrogens is 959 g/mol. The zero-order valence-corrected chi connectivity index (χ0v) is 50.7. The molecule has 0 aromatic carbocycles. The predicted molar refractivity (Wildman–Crippen MR) is 327 cm³/mol. The average molecular weight is 1090 g/mol. The van der Waals surface area contributed by atoms with Crippen LogP contribution >= 0.6 is 0 Å². The number of amides is 1. The Hall–Kier alpha value is -1.59. The van der Waals surface area contributed by atoms with Gasteiger partial charge in [0.25, 0.3) is 0 Å². The molecule has 0 saturated carbocycles. The number of unbranched alkanes of at least 4 members (excludes halogenated alkanes) is 45. The van der Waals surface area contributed by atoms with Gasteiger partial charge in [0.15, 0.2) is 6.29 Å². The van der Waals surface area contributed by atoms with E-state index < -0.39 is 49.5 Å². The molecule has 0 aromatic rings. The van der Waals surface area contributed by atoms with Gasteiger partial charge >= 0.3 is 0 Å². The van der Waals surface area contributed by atoms with Crippen molar-refractivity contribution in [3.63, 3.8) is 0 Å². The lowest BCUT2D eigenvalue weighted by molar-refractivity contribution is -0.302.